The van der Waals surface area contributed by atoms with Gasteiger partial charge in [0.1, 0.15) is 4.90 Å². The first kappa shape index (κ1) is 15.0. The predicted molar refractivity (Wildman–Crippen MR) is 78.6 cm³/mol. The second kappa shape index (κ2) is 5.96. The van der Waals surface area contributed by atoms with E-state index in [9.17, 15) is 13.2 Å². The summed E-state index contributed by atoms with van der Waals surface area (Å²) in [6.45, 7) is 4.08. The third kappa shape index (κ3) is 3.40. The van der Waals surface area contributed by atoms with Crippen molar-refractivity contribution in [2.24, 2.45) is 0 Å². The van der Waals surface area contributed by atoms with Crippen molar-refractivity contribution in [3.05, 3.63) is 41.7 Å². The van der Waals surface area contributed by atoms with Crippen molar-refractivity contribution in [1.29, 1.82) is 0 Å². The van der Waals surface area contributed by atoms with E-state index in [2.05, 4.69) is 20.2 Å². The molecule has 2 aromatic rings. The molecule has 0 fully saturated rings. The maximum absolute atomic E-state index is 12.2. The van der Waals surface area contributed by atoms with Gasteiger partial charge in [0.2, 0.25) is 0 Å². The molecule has 21 heavy (non-hydrogen) atoms. The number of hydrogen-bond acceptors (Lipinski definition) is 4. The van der Waals surface area contributed by atoms with E-state index in [0.29, 0.717) is 17.8 Å². The first-order valence-corrected chi connectivity index (χ1v) is 7.83. The van der Waals surface area contributed by atoms with Gasteiger partial charge in [0.05, 0.1) is 11.9 Å². The van der Waals surface area contributed by atoms with E-state index in [-0.39, 0.29) is 10.8 Å². The first-order valence-electron chi connectivity index (χ1n) is 6.34. The Bertz CT molecular complexity index is 739. The fourth-order valence-corrected chi connectivity index (χ4v) is 2.75. The molecule has 7 nitrogen and oxygen atoms in total. The maximum Gasteiger partial charge on any atom is 0.265 e. The second-order valence-corrected chi connectivity index (χ2v) is 6.11. The van der Waals surface area contributed by atoms with Crippen LogP contribution in [0.5, 0.6) is 0 Å². The molecular weight excluding hydrogens is 292 g/mol. The SMILES string of the molecule is CCNC(=O)c1ccc(C)c(NS(=O)(=O)c2cn[nH]c2)c1. The highest BCUT2D eigenvalue weighted by Crippen LogP contribution is 2.20. The predicted octanol–water partition coefficient (Wildman–Crippen LogP) is 1.27. The van der Waals surface area contributed by atoms with Crippen molar-refractivity contribution in [3.63, 3.8) is 0 Å². The van der Waals surface area contributed by atoms with Gasteiger partial charge in [-0.05, 0) is 31.5 Å². The van der Waals surface area contributed by atoms with Crippen molar-refractivity contribution in [2.75, 3.05) is 11.3 Å². The Morgan fingerprint density at radius 2 is 2.14 bits per heavy atom. The number of nitrogens with one attached hydrogen (secondary N) is 3. The summed E-state index contributed by atoms with van der Waals surface area (Å²) < 4.78 is 26.8. The molecular formula is C13H16N4O3S. The quantitative estimate of drug-likeness (QED) is 0.773. The summed E-state index contributed by atoms with van der Waals surface area (Å²) in [5.74, 6) is -0.249. The third-order valence-electron chi connectivity index (χ3n) is 2.86. The smallest absolute Gasteiger partial charge is 0.265 e. The summed E-state index contributed by atoms with van der Waals surface area (Å²) >= 11 is 0. The van der Waals surface area contributed by atoms with Crippen LogP contribution in [-0.2, 0) is 10.0 Å². The molecule has 0 aliphatic carbocycles. The lowest BCUT2D eigenvalue weighted by Gasteiger charge is -2.11. The second-order valence-electron chi connectivity index (χ2n) is 4.43. The molecule has 0 atom stereocenters. The third-order valence-corrected chi connectivity index (χ3v) is 4.20. The number of aromatic nitrogens is 2. The normalized spacial score (nSPS) is 11.1. The summed E-state index contributed by atoms with van der Waals surface area (Å²) in [7, 11) is -3.72. The number of amides is 1. The van der Waals surface area contributed by atoms with Crippen molar-refractivity contribution in [2.45, 2.75) is 18.7 Å². The molecule has 3 N–H and O–H groups in total. The molecule has 0 aliphatic heterocycles. The van der Waals surface area contributed by atoms with Gasteiger partial charge in [-0.15, -0.1) is 0 Å². The Hall–Kier alpha value is -2.35. The molecule has 0 unspecified atom stereocenters. The van der Waals surface area contributed by atoms with Crippen LogP contribution in [0.25, 0.3) is 0 Å². The molecule has 1 amide bonds. The number of carbonyl (C=O) groups excluding carboxylic acids is 1. The van der Waals surface area contributed by atoms with E-state index in [0.717, 1.165) is 5.56 Å². The van der Waals surface area contributed by atoms with E-state index < -0.39 is 10.0 Å². The number of H-pyrrole nitrogens is 1. The lowest BCUT2D eigenvalue weighted by Crippen LogP contribution is -2.23. The molecule has 112 valence electrons. The Labute approximate surface area is 122 Å². The zero-order valence-corrected chi connectivity index (χ0v) is 12.5. The molecule has 0 spiro atoms. The van der Waals surface area contributed by atoms with Crippen LogP contribution in [0.15, 0.2) is 35.5 Å². The molecule has 8 heteroatoms. The van der Waals surface area contributed by atoms with Crippen molar-refractivity contribution >= 4 is 21.6 Å². The van der Waals surface area contributed by atoms with Gasteiger partial charge in [0, 0.05) is 18.3 Å². The van der Waals surface area contributed by atoms with Crippen LogP contribution in [-0.4, -0.2) is 31.1 Å². The number of hydrogen-bond donors (Lipinski definition) is 3. The molecule has 0 aliphatic rings. The fraction of sp³-hybridized carbons (Fsp3) is 0.231. The number of benzene rings is 1. The van der Waals surface area contributed by atoms with Gasteiger partial charge >= 0.3 is 0 Å². The number of aryl methyl sites for hydroxylation is 1. The molecule has 0 radical (unpaired) electrons. The van der Waals surface area contributed by atoms with Crippen molar-refractivity contribution < 1.29 is 13.2 Å². The minimum absolute atomic E-state index is 0.0327. The molecule has 1 heterocycles. The number of sulfonamides is 1. The minimum Gasteiger partial charge on any atom is -0.352 e. The van der Waals surface area contributed by atoms with E-state index in [1.165, 1.54) is 18.5 Å². The van der Waals surface area contributed by atoms with Gasteiger partial charge < -0.3 is 5.32 Å². The standard InChI is InChI=1S/C13H16N4O3S/c1-3-14-13(18)10-5-4-9(2)12(6-10)17-21(19,20)11-7-15-16-8-11/h4-8,17H,3H2,1-2H3,(H,14,18)(H,15,16). The van der Waals surface area contributed by atoms with Crippen LogP contribution in [0, 0.1) is 6.92 Å². The van der Waals surface area contributed by atoms with Crippen molar-refractivity contribution in [3.8, 4) is 0 Å². The van der Waals surface area contributed by atoms with Crippen molar-refractivity contribution in [1.82, 2.24) is 15.5 Å². The molecule has 2 rings (SSSR count). The summed E-state index contributed by atoms with van der Waals surface area (Å²) in [4.78, 5) is 11.8. The van der Waals surface area contributed by atoms with Crippen LogP contribution >= 0.6 is 0 Å². The monoisotopic (exact) mass is 308 g/mol. The number of carbonyl (C=O) groups is 1. The largest absolute Gasteiger partial charge is 0.352 e. The fourth-order valence-electron chi connectivity index (χ4n) is 1.73. The van der Waals surface area contributed by atoms with E-state index in [1.807, 2.05) is 6.92 Å². The van der Waals surface area contributed by atoms with Gasteiger partial charge in [-0.2, -0.15) is 5.10 Å². The molecule has 0 saturated carbocycles. The lowest BCUT2D eigenvalue weighted by atomic mass is 10.1. The van der Waals surface area contributed by atoms with Gasteiger partial charge in [0.15, 0.2) is 0 Å². The van der Waals surface area contributed by atoms with Crippen LogP contribution in [0.2, 0.25) is 0 Å². The molecule has 1 aromatic carbocycles. The molecule has 0 saturated heterocycles. The lowest BCUT2D eigenvalue weighted by molar-refractivity contribution is 0.0956. The van der Waals surface area contributed by atoms with E-state index in [1.54, 1.807) is 19.1 Å². The van der Waals surface area contributed by atoms with Gasteiger partial charge in [0.25, 0.3) is 15.9 Å². The highest BCUT2D eigenvalue weighted by Gasteiger charge is 2.17. The Morgan fingerprint density at radius 1 is 1.38 bits per heavy atom. The van der Waals surface area contributed by atoms with Crippen LogP contribution < -0.4 is 10.0 Å². The Balaban J connectivity index is 2.32. The van der Waals surface area contributed by atoms with E-state index >= 15 is 0 Å². The molecule has 1 aromatic heterocycles. The van der Waals surface area contributed by atoms with Gasteiger partial charge in [-0.3, -0.25) is 14.6 Å². The topological polar surface area (TPSA) is 104 Å². The summed E-state index contributed by atoms with van der Waals surface area (Å²) in [5, 5.41) is 8.73. The van der Waals surface area contributed by atoms with Crippen LogP contribution in [0.4, 0.5) is 5.69 Å². The highest BCUT2D eigenvalue weighted by molar-refractivity contribution is 7.92. The molecule has 0 bridgehead atoms. The zero-order valence-electron chi connectivity index (χ0n) is 11.7. The zero-order chi connectivity index (χ0) is 15.5. The Kier molecular flexibility index (Phi) is 4.27. The van der Waals surface area contributed by atoms with Crippen LogP contribution in [0.3, 0.4) is 0 Å². The summed E-state index contributed by atoms with van der Waals surface area (Å²) in [5.41, 5.74) is 1.47. The highest BCUT2D eigenvalue weighted by atomic mass is 32.2. The number of rotatable bonds is 5. The van der Waals surface area contributed by atoms with Gasteiger partial charge in [-0.1, -0.05) is 6.07 Å². The minimum atomic E-state index is -3.72. The first-order chi connectivity index (χ1) is 9.94. The number of anilines is 1. The number of aromatic amines is 1. The summed E-state index contributed by atoms with van der Waals surface area (Å²) in [6, 6.07) is 4.85. The number of nitrogens with zero attached hydrogens (tertiary/aromatic N) is 1. The average Bonchev–Trinajstić information content (AvgIpc) is 2.96. The Morgan fingerprint density at radius 3 is 2.76 bits per heavy atom. The average molecular weight is 308 g/mol. The maximum atomic E-state index is 12.2. The summed E-state index contributed by atoms with van der Waals surface area (Å²) in [6.07, 6.45) is 2.50. The van der Waals surface area contributed by atoms with E-state index in [4.69, 9.17) is 0 Å². The van der Waals surface area contributed by atoms with Crippen LogP contribution in [0.1, 0.15) is 22.8 Å². The van der Waals surface area contributed by atoms with Gasteiger partial charge in [-0.25, -0.2) is 8.42 Å².